The highest BCUT2D eigenvalue weighted by Gasteiger charge is 2.14. The Kier molecular flexibility index (Phi) is 3.10. The van der Waals surface area contributed by atoms with Gasteiger partial charge in [-0.05, 0) is 41.7 Å². The predicted octanol–water partition coefficient (Wildman–Crippen LogP) is 4.74. The smallest absolute Gasteiger partial charge is 0.194 e. The van der Waals surface area contributed by atoms with Crippen LogP contribution in [0.5, 0.6) is 11.5 Å². The molecular formula is C19H13O3P. The van der Waals surface area contributed by atoms with E-state index in [2.05, 4.69) is 0 Å². The molecule has 23 heavy (non-hydrogen) atoms. The van der Waals surface area contributed by atoms with Crippen LogP contribution in [-0.2, 0) is 0 Å². The monoisotopic (exact) mass is 320 g/mol. The topological polar surface area (TPSA) is 57.5 Å². The lowest BCUT2D eigenvalue weighted by Gasteiger charge is -2.12. The summed E-state index contributed by atoms with van der Waals surface area (Å²) in [5, 5.41) is 23.8. The summed E-state index contributed by atoms with van der Waals surface area (Å²) in [5.74, 6) is 0.284. The third kappa shape index (κ3) is 2.18. The van der Waals surface area contributed by atoms with Gasteiger partial charge >= 0.3 is 0 Å². The van der Waals surface area contributed by atoms with Gasteiger partial charge in [-0.25, -0.2) is 0 Å². The first-order valence-corrected chi connectivity index (χ1v) is 8.55. The molecule has 0 unspecified atom stereocenters. The van der Waals surface area contributed by atoms with Crippen molar-refractivity contribution in [2.24, 2.45) is 0 Å². The number of hydrogen-bond donors (Lipinski definition) is 2. The molecule has 0 saturated heterocycles. The van der Waals surface area contributed by atoms with E-state index in [4.69, 9.17) is 0 Å². The molecule has 4 heteroatoms. The Labute approximate surface area is 133 Å². The molecule has 0 aliphatic heterocycles. The second kappa shape index (κ2) is 5.15. The van der Waals surface area contributed by atoms with Crippen molar-refractivity contribution in [1.29, 1.82) is 0 Å². The quantitative estimate of drug-likeness (QED) is 0.498. The zero-order valence-corrected chi connectivity index (χ0v) is 13.0. The van der Waals surface area contributed by atoms with E-state index in [1.54, 1.807) is 36.4 Å². The summed E-state index contributed by atoms with van der Waals surface area (Å²) in [6.07, 6.45) is 0. The molecule has 4 rings (SSSR count). The van der Waals surface area contributed by atoms with Crippen LogP contribution < -0.4 is 5.43 Å². The summed E-state index contributed by atoms with van der Waals surface area (Å²) in [6, 6.07) is 19.7. The molecular weight excluding hydrogens is 307 g/mol. The first-order valence-electron chi connectivity index (χ1n) is 7.21. The predicted molar refractivity (Wildman–Crippen MR) is 95.1 cm³/mol. The number of benzene rings is 3. The lowest BCUT2D eigenvalue weighted by Crippen LogP contribution is -2.01. The van der Waals surface area contributed by atoms with Crippen LogP contribution in [0.2, 0.25) is 0 Å². The van der Waals surface area contributed by atoms with Crippen LogP contribution in [-0.4, -0.2) is 10.2 Å². The minimum Gasteiger partial charge on any atom is -0.508 e. The van der Waals surface area contributed by atoms with Gasteiger partial charge in [-0.1, -0.05) is 37.9 Å². The Morgan fingerprint density at radius 1 is 0.696 bits per heavy atom. The van der Waals surface area contributed by atoms with Crippen LogP contribution in [0.4, 0.5) is 0 Å². The Hall–Kier alpha value is -2.77. The summed E-state index contributed by atoms with van der Waals surface area (Å²) in [5.41, 5.74) is -0.0651. The van der Waals surface area contributed by atoms with Gasteiger partial charge in [0.15, 0.2) is 5.43 Å². The van der Waals surface area contributed by atoms with Crippen molar-refractivity contribution in [3.8, 4) is 16.8 Å². The van der Waals surface area contributed by atoms with Gasteiger partial charge in [0.05, 0.1) is 0 Å². The molecule has 0 aliphatic carbocycles. The van der Waals surface area contributed by atoms with E-state index in [9.17, 15) is 15.0 Å². The fourth-order valence-corrected chi connectivity index (χ4v) is 5.57. The van der Waals surface area contributed by atoms with Gasteiger partial charge in [-0.15, -0.1) is 0 Å². The van der Waals surface area contributed by atoms with E-state index in [0.29, 0.717) is 10.8 Å². The zero-order chi connectivity index (χ0) is 16.0. The van der Waals surface area contributed by atoms with E-state index in [1.807, 2.05) is 30.3 Å². The molecule has 3 aromatic carbocycles. The van der Waals surface area contributed by atoms with Crippen molar-refractivity contribution >= 4 is 28.5 Å². The van der Waals surface area contributed by atoms with Gasteiger partial charge < -0.3 is 10.2 Å². The maximum absolute atomic E-state index is 12.8. The number of rotatable bonds is 1. The molecule has 0 saturated carbocycles. The van der Waals surface area contributed by atoms with Crippen LogP contribution in [0.15, 0.2) is 71.5 Å². The zero-order valence-electron chi connectivity index (χ0n) is 12.1. The Morgan fingerprint density at radius 3 is 1.74 bits per heavy atom. The maximum Gasteiger partial charge on any atom is 0.194 e. The van der Waals surface area contributed by atoms with Gasteiger partial charge in [0, 0.05) is 21.0 Å². The summed E-state index contributed by atoms with van der Waals surface area (Å²) in [4.78, 5) is 12.8. The number of hydrogen-bond acceptors (Lipinski definition) is 3. The maximum atomic E-state index is 12.8. The molecule has 3 nitrogen and oxygen atoms in total. The van der Waals surface area contributed by atoms with E-state index in [1.165, 1.54) is 0 Å². The normalized spacial score (nSPS) is 11.1. The molecule has 0 aliphatic rings. The summed E-state index contributed by atoms with van der Waals surface area (Å²) >= 11 is 0. The molecule has 0 bridgehead atoms. The second-order valence-corrected chi connectivity index (χ2v) is 7.55. The fraction of sp³-hybridized carbons (Fsp3) is 0. The highest BCUT2D eigenvalue weighted by atomic mass is 31.1. The highest BCUT2D eigenvalue weighted by Crippen LogP contribution is 2.51. The molecule has 0 spiro atoms. The minimum atomic E-state index is -0.998. The molecule has 0 radical (unpaired) electrons. The van der Waals surface area contributed by atoms with Crippen molar-refractivity contribution in [1.82, 2.24) is 0 Å². The van der Waals surface area contributed by atoms with Crippen LogP contribution in [0, 0.1) is 0 Å². The first-order chi connectivity index (χ1) is 11.1. The average Bonchev–Trinajstić information content (AvgIpc) is 2.55. The molecule has 0 atom stereocenters. The molecule has 0 fully saturated rings. The summed E-state index contributed by atoms with van der Waals surface area (Å²) in [7, 11) is -0.998. The average molecular weight is 320 g/mol. The molecule has 1 aromatic heterocycles. The molecule has 1 heterocycles. The number of fused-ring (bicyclic) bond motifs is 2. The van der Waals surface area contributed by atoms with Crippen LogP contribution >= 0.6 is 7.53 Å². The van der Waals surface area contributed by atoms with E-state index >= 15 is 0 Å². The summed E-state index contributed by atoms with van der Waals surface area (Å²) < 4.78 is 0. The van der Waals surface area contributed by atoms with Crippen LogP contribution in [0.1, 0.15) is 0 Å². The number of phenols is 2. The Bertz CT molecular complexity index is 1030. The largest absolute Gasteiger partial charge is 0.508 e. The minimum absolute atomic E-state index is 0.0651. The fourth-order valence-electron chi connectivity index (χ4n) is 2.92. The third-order valence-corrected chi connectivity index (χ3v) is 6.47. The number of phenolic OH excluding ortho intramolecular Hbond substituents is 2. The van der Waals surface area contributed by atoms with E-state index in [-0.39, 0.29) is 16.9 Å². The van der Waals surface area contributed by atoms with Gasteiger partial charge in [0.2, 0.25) is 0 Å². The van der Waals surface area contributed by atoms with Gasteiger partial charge in [-0.2, -0.15) is 0 Å². The van der Waals surface area contributed by atoms with Crippen molar-refractivity contribution in [3.63, 3.8) is 0 Å². The van der Waals surface area contributed by atoms with Gasteiger partial charge in [0.1, 0.15) is 11.5 Å². The standard InChI is InChI=1S/C19H13O3P/c20-12-6-8-15-17(10-12)23(14-4-2-1-3-5-14)18-11-13(21)7-9-16(18)19(15)22/h1-11,20-21H. The van der Waals surface area contributed by atoms with Gasteiger partial charge in [-0.3, -0.25) is 4.79 Å². The molecule has 2 N–H and O–H groups in total. The summed E-state index contributed by atoms with van der Waals surface area (Å²) in [6.45, 7) is 0. The highest BCUT2D eigenvalue weighted by molar-refractivity contribution is 7.67. The van der Waals surface area contributed by atoms with Crippen LogP contribution in [0.25, 0.3) is 26.3 Å². The van der Waals surface area contributed by atoms with Crippen molar-refractivity contribution in [2.45, 2.75) is 0 Å². The first kappa shape index (κ1) is 13.9. The Morgan fingerprint density at radius 2 is 1.22 bits per heavy atom. The third-order valence-electron chi connectivity index (χ3n) is 3.95. The lowest BCUT2D eigenvalue weighted by molar-refractivity contribution is 0.476. The SMILES string of the molecule is O=c1c2ccc(O)cc2p(-c2ccccc2)c2cc(O)ccc12. The Balaban J connectivity index is 2.32. The van der Waals surface area contributed by atoms with Gasteiger partial charge in [0.25, 0.3) is 0 Å². The van der Waals surface area contributed by atoms with Crippen molar-refractivity contribution < 1.29 is 10.2 Å². The van der Waals surface area contributed by atoms with Crippen molar-refractivity contribution in [3.05, 3.63) is 77.0 Å². The van der Waals surface area contributed by atoms with E-state index < -0.39 is 7.53 Å². The molecule has 0 amide bonds. The van der Waals surface area contributed by atoms with E-state index in [0.717, 1.165) is 15.5 Å². The molecule has 112 valence electrons. The van der Waals surface area contributed by atoms with Crippen molar-refractivity contribution in [2.75, 3.05) is 0 Å². The second-order valence-electron chi connectivity index (χ2n) is 5.40. The lowest BCUT2D eigenvalue weighted by atomic mass is 10.2. The number of aromatic hydroxyl groups is 2. The molecule has 4 aromatic rings. The van der Waals surface area contributed by atoms with Crippen LogP contribution in [0.3, 0.4) is 0 Å².